The average Bonchev–Trinajstić information content (AvgIpc) is 3.50. The molecule has 3 saturated carbocycles. The van der Waals surface area contributed by atoms with Gasteiger partial charge in [-0.2, -0.15) is 0 Å². The van der Waals surface area contributed by atoms with Crippen molar-refractivity contribution in [2.75, 3.05) is 7.11 Å². The van der Waals surface area contributed by atoms with Crippen molar-refractivity contribution in [1.29, 1.82) is 0 Å². The second-order valence-electron chi connectivity index (χ2n) is 13.0. The molecule has 2 bridgehead atoms. The molecule has 0 radical (unpaired) electrons. The first-order valence-electron chi connectivity index (χ1n) is 13.6. The summed E-state index contributed by atoms with van der Waals surface area (Å²) in [5, 5.41) is 26.9. The highest BCUT2D eigenvalue weighted by atomic mass is 16.7. The van der Waals surface area contributed by atoms with Crippen LogP contribution in [-0.2, 0) is 24.6 Å². The van der Waals surface area contributed by atoms with Crippen molar-refractivity contribution >= 4 is 17.5 Å². The van der Waals surface area contributed by atoms with Gasteiger partial charge in [-0.1, -0.05) is 49.2 Å². The number of rotatable bonds is 3. The van der Waals surface area contributed by atoms with Gasteiger partial charge in [0.15, 0.2) is 17.1 Å². The van der Waals surface area contributed by atoms with E-state index >= 15 is 0 Å². The Morgan fingerprint density at radius 1 is 1.11 bits per heavy atom. The topological polar surface area (TPSA) is 115 Å². The Bertz CT molecular complexity index is 1250. The number of hydrogen-bond donors (Lipinski definition) is 2. The van der Waals surface area contributed by atoms with E-state index in [0.717, 1.165) is 37.0 Å². The SMILES string of the molecule is COc1ccc([C@@]23C=C[C@]4(CCCC[C@]42C)[C@H]2[C@@H]3C(=O)[C@H](O)[C@H](O)[C@]23CC(C(=O)OC(C)(C)C)=NO3)cc1. The molecule has 1 heterocycles. The number of aliphatic hydroxyl groups excluding tert-OH is 2. The van der Waals surface area contributed by atoms with Gasteiger partial charge in [0.25, 0.3) is 0 Å². The number of nitrogens with zero attached hydrogens (tertiary/aromatic N) is 1. The molecule has 1 aromatic rings. The Morgan fingerprint density at radius 3 is 2.45 bits per heavy atom. The molecule has 1 aliphatic heterocycles. The number of Topliss-reactive ketones (excluding diaryl/α,β-unsaturated/α-hetero) is 1. The van der Waals surface area contributed by atoms with Crippen molar-refractivity contribution in [2.45, 2.75) is 88.6 Å². The Kier molecular flexibility index (Phi) is 5.32. The quantitative estimate of drug-likeness (QED) is 0.461. The summed E-state index contributed by atoms with van der Waals surface area (Å²) in [5.74, 6) is -1.41. The fraction of sp³-hybridized carbons (Fsp3) is 0.633. The zero-order chi connectivity index (χ0) is 27.3. The Labute approximate surface area is 223 Å². The van der Waals surface area contributed by atoms with Crippen molar-refractivity contribution in [3.8, 4) is 5.75 Å². The van der Waals surface area contributed by atoms with E-state index in [1.54, 1.807) is 27.9 Å². The monoisotopic (exact) mass is 523 g/mol. The van der Waals surface area contributed by atoms with Gasteiger partial charge in [-0.3, -0.25) is 4.79 Å². The average molecular weight is 524 g/mol. The molecule has 2 N–H and O–H groups in total. The molecule has 5 aliphatic rings. The predicted molar refractivity (Wildman–Crippen MR) is 139 cm³/mol. The summed E-state index contributed by atoms with van der Waals surface area (Å²) in [6.45, 7) is 7.57. The summed E-state index contributed by atoms with van der Waals surface area (Å²) in [6, 6.07) is 7.83. The van der Waals surface area contributed by atoms with Crippen LogP contribution in [0.1, 0.15) is 65.4 Å². The molecule has 4 aliphatic carbocycles. The maximum Gasteiger partial charge on any atom is 0.356 e. The largest absolute Gasteiger partial charge is 0.497 e. The number of carbonyl (C=O) groups excluding carboxylic acids is 2. The van der Waals surface area contributed by atoms with E-state index in [4.69, 9.17) is 14.3 Å². The van der Waals surface area contributed by atoms with Gasteiger partial charge < -0.3 is 24.5 Å². The smallest absolute Gasteiger partial charge is 0.356 e. The van der Waals surface area contributed by atoms with Crippen LogP contribution < -0.4 is 4.74 Å². The number of fused-ring (bicyclic) bond motifs is 3. The van der Waals surface area contributed by atoms with Gasteiger partial charge in [0.05, 0.1) is 7.11 Å². The van der Waals surface area contributed by atoms with Crippen LogP contribution in [0, 0.1) is 22.7 Å². The number of ketones is 1. The van der Waals surface area contributed by atoms with E-state index < -0.39 is 52.0 Å². The van der Waals surface area contributed by atoms with E-state index in [9.17, 15) is 19.8 Å². The molecule has 6 rings (SSSR count). The first kappa shape index (κ1) is 25.6. The fourth-order valence-corrected chi connectivity index (χ4v) is 8.93. The minimum atomic E-state index is -1.66. The molecule has 0 unspecified atom stereocenters. The molecule has 8 atom stereocenters. The highest BCUT2D eigenvalue weighted by Gasteiger charge is 2.84. The maximum atomic E-state index is 14.1. The van der Waals surface area contributed by atoms with Gasteiger partial charge in [-0.05, 0) is 56.7 Å². The fourth-order valence-electron chi connectivity index (χ4n) is 8.93. The molecule has 38 heavy (non-hydrogen) atoms. The summed E-state index contributed by atoms with van der Waals surface area (Å²) in [5.41, 5.74) is -2.68. The number of carbonyl (C=O) groups is 2. The number of esters is 1. The van der Waals surface area contributed by atoms with Crippen molar-refractivity contribution in [3.05, 3.63) is 42.0 Å². The molecule has 8 heteroatoms. The van der Waals surface area contributed by atoms with Gasteiger partial charge in [-0.25, -0.2) is 4.79 Å². The summed E-state index contributed by atoms with van der Waals surface area (Å²) < 4.78 is 11.0. The summed E-state index contributed by atoms with van der Waals surface area (Å²) in [6.07, 6.45) is 4.91. The van der Waals surface area contributed by atoms with E-state index in [0.29, 0.717) is 0 Å². The predicted octanol–water partition coefficient (Wildman–Crippen LogP) is 3.48. The first-order chi connectivity index (χ1) is 17.9. The lowest BCUT2D eigenvalue weighted by Crippen LogP contribution is -2.68. The normalized spacial score (nSPS) is 42.9. The van der Waals surface area contributed by atoms with Crippen LogP contribution in [0.2, 0.25) is 0 Å². The lowest BCUT2D eigenvalue weighted by Gasteiger charge is -2.54. The van der Waals surface area contributed by atoms with Crippen LogP contribution in [0.25, 0.3) is 0 Å². The second kappa shape index (κ2) is 7.92. The zero-order valence-corrected chi connectivity index (χ0v) is 22.7. The van der Waals surface area contributed by atoms with Gasteiger partial charge in [-0.15, -0.1) is 0 Å². The molecule has 0 aromatic heterocycles. The molecule has 204 valence electrons. The molecule has 0 amide bonds. The summed E-state index contributed by atoms with van der Waals surface area (Å²) >= 11 is 0. The molecule has 0 saturated heterocycles. The molecule has 3 fully saturated rings. The lowest BCUT2D eigenvalue weighted by atomic mass is 9.51. The van der Waals surface area contributed by atoms with Gasteiger partial charge in [0.2, 0.25) is 0 Å². The number of hydrogen-bond acceptors (Lipinski definition) is 8. The minimum Gasteiger partial charge on any atom is -0.497 e. The Balaban J connectivity index is 1.52. The van der Waals surface area contributed by atoms with Crippen molar-refractivity contribution in [1.82, 2.24) is 0 Å². The van der Waals surface area contributed by atoms with Crippen LogP contribution in [0.5, 0.6) is 5.75 Å². The van der Waals surface area contributed by atoms with Crippen LogP contribution in [0.15, 0.2) is 41.6 Å². The van der Waals surface area contributed by atoms with Crippen LogP contribution in [-0.4, -0.2) is 58.2 Å². The molecule has 8 nitrogen and oxygen atoms in total. The van der Waals surface area contributed by atoms with Gasteiger partial charge >= 0.3 is 5.97 Å². The highest BCUT2D eigenvalue weighted by Crippen LogP contribution is 2.81. The highest BCUT2D eigenvalue weighted by molar-refractivity contribution is 6.37. The summed E-state index contributed by atoms with van der Waals surface area (Å²) in [4.78, 5) is 33.2. The Hall–Kier alpha value is -2.71. The standard InChI is InChI=1S/C30H37NO7/c1-26(2,3)37-25(35)19-16-30(38-31-19)23-20(21(32)22(33)24(30)34)29(17-8-10-18(36-5)11-9-17)15-14-28(23)13-7-6-12-27(28,29)4/h8-11,14-15,20,22-24,33-34H,6-7,12-13,16H2,1-5H3/t20-,22-,23+,24-,27+,28+,29+,30-/m0/s1. The number of benzene rings is 1. The van der Waals surface area contributed by atoms with E-state index in [2.05, 4.69) is 24.2 Å². The third kappa shape index (κ3) is 2.91. The van der Waals surface area contributed by atoms with Crippen molar-refractivity contribution in [2.24, 2.45) is 27.8 Å². The van der Waals surface area contributed by atoms with E-state index in [-0.39, 0.29) is 23.3 Å². The molecular formula is C30H37NO7. The molecule has 1 spiro atoms. The third-order valence-electron chi connectivity index (χ3n) is 10.4. The number of ether oxygens (including phenoxy) is 2. The maximum absolute atomic E-state index is 14.1. The zero-order valence-electron chi connectivity index (χ0n) is 22.7. The number of allylic oxidation sites excluding steroid dienone is 2. The van der Waals surface area contributed by atoms with Gasteiger partial charge in [0.1, 0.15) is 23.6 Å². The van der Waals surface area contributed by atoms with Crippen molar-refractivity contribution < 1.29 is 34.1 Å². The number of oxime groups is 1. The first-order valence-corrected chi connectivity index (χ1v) is 13.6. The summed E-state index contributed by atoms with van der Waals surface area (Å²) in [7, 11) is 1.62. The van der Waals surface area contributed by atoms with E-state index in [1.165, 1.54) is 0 Å². The van der Waals surface area contributed by atoms with Crippen molar-refractivity contribution in [3.63, 3.8) is 0 Å². The van der Waals surface area contributed by atoms with Crippen LogP contribution >= 0.6 is 0 Å². The second-order valence-corrected chi connectivity index (χ2v) is 13.0. The molecular weight excluding hydrogens is 486 g/mol. The number of methoxy groups -OCH3 is 1. The minimum absolute atomic E-state index is 0.0288. The van der Waals surface area contributed by atoms with Crippen LogP contribution in [0.4, 0.5) is 0 Å². The van der Waals surface area contributed by atoms with Crippen LogP contribution in [0.3, 0.4) is 0 Å². The number of aliphatic hydroxyl groups is 2. The molecule has 1 aromatic carbocycles. The van der Waals surface area contributed by atoms with Gasteiger partial charge in [0, 0.05) is 29.1 Å². The third-order valence-corrected chi connectivity index (χ3v) is 10.4. The lowest BCUT2D eigenvalue weighted by molar-refractivity contribution is -0.221. The van der Waals surface area contributed by atoms with E-state index in [1.807, 2.05) is 24.3 Å². The Morgan fingerprint density at radius 2 is 1.79 bits per heavy atom.